The number of amides is 1. The van der Waals surface area contributed by atoms with Crippen molar-refractivity contribution in [3.05, 3.63) is 77.4 Å². The molecule has 1 amide bonds. The molecule has 0 atom stereocenters. The third-order valence-electron chi connectivity index (χ3n) is 5.34. The van der Waals surface area contributed by atoms with Gasteiger partial charge in [-0.1, -0.05) is 29.8 Å². The molecule has 3 rings (SSSR count). The van der Waals surface area contributed by atoms with Gasteiger partial charge in [0.05, 0.1) is 48.7 Å². The molecule has 0 aliphatic rings. The summed E-state index contributed by atoms with van der Waals surface area (Å²) in [7, 11) is 1.48. The number of methoxy groups -OCH3 is 3. The van der Waals surface area contributed by atoms with Crippen LogP contribution in [0.1, 0.15) is 26.3 Å². The summed E-state index contributed by atoms with van der Waals surface area (Å²) in [5.41, 5.74) is 1.31. The predicted octanol–water partition coefficient (Wildman–Crippen LogP) is 3.88. The molecule has 3 aromatic rings. The van der Waals surface area contributed by atoms with Gasteiger partial charge in [-0.25, -0.2) is 13.2 Å². The Morgan fingerprint density at radius 3 is 2.06 bits per heavy atom. The van der Waals surface area contributed by atoms with Gasteiger partial charge in [-0.2, -0.15) is 0 Å². The minimum Gasteiger partial charge on any atom is -0.493 e. The van der Waals surface area contributed by atoms with E-state index in [1.165, 1.54) is 64.8 Å². The van der Waals surface area contributed by atoms with Gasteiger partial charge in [-0.05, 0) is 31.2 Å². The van der Waals surface area contributed by atoms with E-state index in [-0.39, 0.29) is 38.9 Å². The van der Waals surface area contributed by atoms with Crippen LogP contribution in [0.4, 0.5) is 11.4 Å². The Morgan fingerprint density at radius 2 is 1.46 bits per heavy atom. The number of rotatable bonds is 8. The number of benzene rings is 3. The lowest BCUT2D eigenvalue weighted by Gasteiger charge is -2.22. The highest BCUT2D eigenvalue weighted by Crippen LogP contribution is 2.34. The first-order valence-electron chi connectivity index (χ1n) is 10.4. The summed E-state index contributed by atoms with van der Waals surface area (Å²) in [4.78, 5) is 25.7. The summed E-state index contributed by atoms with van der Waals surface area (Å²) in [5.74, 6) is -0.782. The van der Waals surface area contributed by atoms with E-state index in [1.54, 1.807) is 24.3 Å². The number of nitrogens with zero attached hydrogens (tertiary/aromatic N) is 1. The number of hydrogen-bond donors (Lipinski definition) is 1. The lowest BCUT2D eigenvalue weighted by molar-refractivity contribution is 0.0601. The van der Waals surface area contributed by atoms with Gasteiger partial charge in [0.25, 0.3) is 15.9 Å². The summed E-state index contributed by atoms with van der Waals surface area (Å²) in [5, 5.41) is 2.67. The zero-order valence-electron chi connectivity index (χ0n) is 20.0. The number of hydrogen-bond acceptors (Lipinski definition) is 7. The van der Waals surface area contributed by atoms with E-state index in [0.29, 0.717) is 0 Å². The molecule has 0 saturated carbocycles. The Labute approximate surface area is 204 Å². The first-order valence-corrected chi connectivity index (χ1v) is 11.9. The first kappa shape index (κ1) is 25.6. The fourth-order valence-corrected chi connectivity index (χ4v) is 4.60. The maximum absolute atomic E-state index is 13.3. The van der Waals surface area contributed by atoms with E-state index in [9.17, 15) is 18.0 Å². The van der Waals surface area contributed by atoms with Crippen molar-refractivity contribution in [3.63, 3.8) is 0 Å². The van der Waals surface area contributed by atoms with Gasteiger partial charge < -0.3 is 19.5 Å². The third kappa shape index (κ3) is 5.22. The molecule has 0 fully saturated rings. The maximum atomic E-state index is 13.3. The van der Waals surface area contributed by atoms with Gasteiger partial charge in [-0.3, -0.25) is 9.10 Å². The summed E-state index contributed by atoms with van der Waals surface area (Å²) in [6, 6.07) is 15.5. The van der Waals surface area contributed by atoms with Crippen LogP contribution in [0, 0.1) is 6.92 Å². The predicted molar refractivity (Wildman–Crippen MR) is 132 cm³/mol. The van der Waals surface area contributed by atoms with Crippen LogP contribution in [0.2, 0.25) is 0 Å². The fraction of sp³-hybridized carbons (Fsp3) is 0.200. The lowest BCUT2D eigenvalue weighted by Crippen LogP contribution is -2.29. The van der Waals surface area contributed by atoms with Crippen LogP contribution in [-0.2, 0) is 14.8 Å². The second-order valence-electron chi connectivity index (χ2n) is 7.50. The topological polar surface area (TPSA) is 111 Å². The van der Waals surface area contributed by atoms with Crippen LogP contribution in [0.15, 0.2) is 65.6 Å². The van der Waals surface area contributed by atoms with Crippen molar-refractivity contribution in [2.45, 2.75) is 11.8 Å². The number of carbonyl (C=O) groups is 2. The van der Waals surface area contributed by atoms with E-state index in [1.807, 2.05) is 6.92 Å². The fourth-order valence-electron chi connectivity index (χ4n) is 3.39. The average molecular weight is 499 g/mol. The highest BCUT2D eigenvalue weighted by atomic mass is 32.2. The van der Waals surface area contributed by atoms with Crippen LogP contribution in [0.25, 0.3) is 0 Å². The second-order valence-corrected chi connectivity index (χ2v) is 9.47. The van der Waals surface area contributed by atoms with E-state index in [2.05, 4.69) is 5.32 Å². The highest BCUT2D eigenvalue weighted by molar-refractivity contribution is 7.92. The van der Waals surface area contributed by atoms with Crippen LogP contribution < -0.4 is 19.1 Å². The first-order chi connectivity index (χ1) is 16.6. The molecule has 0 spiro atoms. The zero-order valence-corrected chi connectivity index (χ0v) is 20.8. The van der Waals surface area contributed by atoms with Crippen molar-refractivity contribution in [1.82, 2.24) is 0 Å². The Balaban J connectivity index is 2.02. The van der Waals surface area contributed by atoms with Crippen molar-refractivity contribution in [2.75, 3.05) is 38.0 Å². The lowest BCUT2D eigenvalue weighted by atomic mass is 10.1. The van der Waals surface area contributed by atoms with Gasteiger partial charge in [0.2, 0.25) is 0 Å². The van der Waals surface area contributed by atoms with E-state index in [0.717, 1.165) is 9.87 Å². The highest BCUT2D eigenvalue weighted by Gasteiger charge is 2.26. The normalized spacial score (nSPS) is 10.9. The van der Waals surface area contributed by atoms with Crippen LogP contribution in [0.3, 0.4) is 0 Å². The monoisotopic (exact) mass is 498 g/mol. The SMILES string of the molecule is COC(=O)c1cc(OC)c(OC)cc1NC(=O)c1ccccc1N(C)S(=O)(=O)c1ccc(C)cc1. The molecular weight excluding hydrogens is 472 g/mol. The van der Waals surface area contributed by atoms with E-state index >= 15 is 0 Å². The largest absolute Gasteiger partial charge is 0.493 e. The summed E-state index contributed by atoms with van der Waals surface area (Å²) in [6.45, 7) is 1.86. The number of ether oxygens (including phenoxy) is 3. The molecule has 10 heteroatoms. The molecular formula is C25H26N2O7S. The number of esters is 1. The molecule has 0 unspecified atom stereocenters. The molecule has 0 heterocycles. The molecule has 0 aliphatic heterocycles. The Morgan fingerprint density at radius 1 is 0.857 bits per heavy atom. The minimum absolute atomic E-state index is 0.0385. The van der Waals surface area contributed by atoms with Crippen molar-refractivity contribution in [3.8, 4) is 11.5 Å². The van der Waals surface area contributed by atoms with Gasteiger partial charge >= 0.3 is 5.97 Å². The number of carbonyl (C=O) groups excluding carboxylic acids is 2. The smallest absolute Gasteiger partial charge is 0.340 e. The second kappa shape index (κ2) is 10.5. The van der Waals surface area contributed by atoms with Crippen molar-refractivity contribution < 1.29 is 32.2 Å². The minimum atomic E-state index is -3.94. The van der Waals surface area contributed by atoms with Gasteiger partial charge in [0.15, 0.2) is 11.5 Å². The molecule has 184 valence electrons. The van der Waals surface area contributed by atoms with E-state index < -0.39 is 21.9 Å². The van der Waals surface area contributed by atoms with E-state index in [4.69, 9.17) is 14.2 Å². The number of sulfonamides is 1. The molecule has 3 aromatic carbocycles. The quantitative estimate of drug-likeness (QED) is 0.469. The van der Waals surface area contributed by atoms with Crippen LogP contribution in [-0.4, -0.2) is 48.7 Å². The number of aryl methyl sites for hydroxylation is 1. The van der Waals surface area contributed by atoms with Crippen molar-refractivity contribution in [1.29, 1.82) is 0 Å². The summed E-state index contributed by atoms with van der Waals surface area (Å²) >= 11 is 0. The third-order valence-corrected chi connectivity index (χ3v) is 7.13. The summed E-state index contributed by atoms with van der Waals surface area (Å²) < 4.78 is 42.8. The van der Waals surface area contributed by atoms with Crippen molar-refractivity contribution >= 4 is 33.3 Å². The van der Waals surface area contributed by atoms with Crippen LogP contribution >= 0.6 is 0 Å². The molecule has 0 bridgehead atoms. The molecule has 0 aliphatic carbocycles. The number of nitrogens with one attached hydrogen (secondary N) is 1. The Hall–Kier alpha value is -4.05. The number of para-hydroxylation sites is 1. The summed E-state index contributed by atoms with van der Waals surface area (Å²) in [6.07, 6.45) is 0. The molecule has 1 N–H and O–H groups in total. The molecule has 0 aromatic heterocycles. The molecule has 0 radical (unpaired) electrons. The van der Waals surface area contributed by atoms with Gasteiger partial charge in [-0.15, -0.1) is 0 Å². The average Bonchev–Trinajstić information content (AvgIpc) is 2.87. The molecule has 35 heavy (non-hydrogen) atoms. The maximum Gasteiger partial charge on any atom is 0.340 e. The Bertz CT molecular complexity index is 1350. The molecule has 9 nitrogen and oxygen atoms in total. The van der Waals surface area contributed by atoms with Gasteiger partial charge in [0.1, 0.15) is 0 Å². The van der Waals surface area contributed by atoms with Gasteiger partial charge in [0, 0.05) is 19.2 Å². The Kier molecular flexibility index (Phi) is 7.65. The zero-order chi connectivity index (χ0) is 25.8. The standard InChI is InChI=1S/C25H26N2O7S/c1-16-10-12-17(13-11-16)35(30,31)27(2)21-9-7-6-8-18(21)24(28)26-20-15-23(33-4)22(32-3)14-19(20)25(29)34-5/h6-15H,1-5H3,(H,26,28). The number of anilines is 2. The molecule has 0 saturated heterocycles. The van der Waals surface area contributed by atoms with Crippen molar-refractivity contribution in [2.24, 2.45) is 0 Å². The van der Waals surface area contributed by atoms with Crippen LogP contribution in [0.5, 0.6) is 11.5 Å².